The summed E-state index contributed by atoms with van der Waals surface area (Å²) in [6.45, 7) is 3.12. The molecule has 1 aliphatic rings. The van der Waals surface area contributed by atoms with Crippen LogP contribution in [0.3, 0.4) is 0 Å². The van der Waals surface area contributed by atoms with Crippen LogP contribution in [0.1, 0.15) is 30.1 Å². The summed E-state index contributed by atoms with van der Waals surface area (Å²) in [6, 6.07) is 2.14. The van der Waals surface area contributed by atoms with Crippen molar-refractivity contribution in [2.24, 2.45) is 5.73 Å². The predicted octanol–water partition coefficient (Wildman–Crippen LogP) is 0.751. The SMILES string of the molecule is CC1CCCN1c1cc(C(N)=O)c(N)cn1. The fourth-order valence-electron chi connectivity index (χ4n) is 2.10. The molecule has 1 atom stereocenters. The molecule has 5 heteroatoms. The number of anilines is 2. The number of nitrogens with two attached hydrogens (primary N) is 2. The van der Waals surface area contributed by atoms with Gasteiger partial charge in [0.15, 0.2) is 0 Å². The number of amides is 1. The number of nitrogens with zero attached hydrogens (tertiary/aromatic N) is 2. The average molecular weight is 220 g/mol. The summed E-state index contributed by atoms with van der Waals surface area (Å²) in [7, 11) is 0. The second-order valence-electron chi connectivity index (χ2n) is 4.18. The Morgan fingerprint density at radius 3 is 2.94 bits per heavy atom. The number of hydrogen-bond donors (Lipinski definition) is 2. The number of carbonyl (C=O) groups is 1. The molecule has 0 aromatic carbocycles. The highest BCUT2D eigenvalue weighted by Crippen LogP contribution is 2.25. The van der Waals surface area contributed by atoms with Gasteiger partial charge in [-0.05, 0) is 25.8 Å². The first-order valence-corrected chi connectivity index (χ1v) is 5.41. The lowest BCUT2D eigenvalue weighted by Gasteiger charge is -2.23. The van der Waals surface area contributed by atoms with E-state index in [-0.39, 0.29) is 0 Å². The van der Waals surface area contributed by atoms with E-state index in [2.05, 4.69) is 16.8 Å². The molecule has 1 aromatic rings. The van der Waals surface area contributed by atoms with Crippen molar-refractivity contribution in [1.82, 2.24) is 4.98 Å². The molecule has 2 heterocycles. The summed E-state index contributed by atoms with van der Waals surface area (Å²) >= 11 is 0. The van der Waals surface area contributed by atoms with Crippen LogP contribution in [-0.2, 0) is 0 Å². The lowest BCUT2D eigenvalue weighted by Crippen LogP contribution is -2.27. The maximum atomic E-state index is 11.2. The molecule has 1 aliphatic heterocycles. The van der Waals surface area contributed by atoms with E-state index in [0.29, 0.717) is 17.3 Å². The van der Waals surface area contributed by atoms with Crippen molar-refractivity contribution in [3.63, 3.8) is 0 Å². The van der Waals surface area contributed by atoms with Crippen LogP contribution in [0.5, 0.6) is 0 Å². The van der Waals surface area contributed by atoms with Crippen LogP contribution in [0.2, 0.25) is 0 Å². The van der Waals surface area contributed by atoms with E-state index in [9.17, 15) is 4.79 Å². The van der Waals surface area contributed by atoms with Crippen LogP contribution in [-0.4, -0.2) is 23.5 Å². The fraction of sp³-hybridized carbons (Fsp3) is 0.455. The molecule has 1 aromatic heterocycles. The fourth-order valence-corrected chi connectivity index (χ4v) is 2.10. The molecule has 16 heavy (non-hydrogen) atoms. The molecule has 0 bridgehead atoms. The maximum absolute atomic E-state index is 11.2. The van der Waals surface area contributed by atoms with E-state index in [1.165, 1.54) is 6.20 Å². The third-order valence-corrected chi connectivity index (χ3v) is 3.03. The zero-order valence-corrected chi connectivity index (χ0v) is 9.31. The van der Waals surface area contributed by atoms with E-state index in [4.69, 9.17) is 11.5 Å². The number of nitrogen functional groups attached to an aromatic ring is 1. The molecular formula is C11H16N4O. The molecule has 1 fully saturated rings. The summed E-state index contributed by atoms with van der Waals surface area (Å²) in [5.74, 6) is 0.279. The Morgan fingerprint density at radius 2 is 2.38 bits per heavy atom. The quantitative estimate of drug-likeness (QED) is 0.770. The molecule has 4 N–H and O–H groups in total. The minimum absolute atomic E-state index is 0.336. The van der Waals surface area contributed by atoms with Crippen molar-refractivity contribution >= 4 is 17.4 Å². The van der Waals surface area contributed by atoms with E-state index >= 15 is 0 Å². The van der Waals surface area contributed by atoms with E-state index in [1.54, 1.807) is 6.07 Å². The van der Waals surface area contributed by atoms with Gasteiger partial charge in [-0.15, -0.1) is 0 Å². The first kappa shape index (κ1) is 10.7. The molecular weight excluding hydrogens is 204 g/mol. The third kappa shape index (κ3) is 1.80. The van der Waals surface area contributed by atoms with Gasteiger partial charge in [-0.1, -0.05) is 0 Å². The molecule has 1 amide bonds. The minimum atomic E-state index is -0.506. The van der Waals surface area contributed by atoms with Crippen molar-refractivity contribution in [2.75, 3.05) is 17.2 Å². The van der Waals surface area contributed by atoms with Crippen LogP contribution in [0.15, 0.2) is 12.3 Å². The van der Waals surface area contributed by atoms with Crippen LogP contribution in [0.25, 0.3) is 0 Å². The van der Waals surface area contributed by atoms with Gasteiger partial charge in [-0.2, -0.15) is 0 Å². The van der Waals surface area contributed by atoms with Gasteiger partial charge in [-0.3, -0.25) is 4.79 Å². The van der Waals surface area contributed by atoms with Gasteiger partial charge >= 0.3 is 0 Å². The molecule has 0 aliphatic carbocycles. The Hall–Kier alpha value is -1.78. The highest BCUT2D eigenvalue weighted by Gasteiger charge is 2.22. The number of pyridine rings is 1. The molecule has 0 spiro atoms. The van der Waals surface area contributed by atoms with Crippen LogP contribution < -0.4 is 16.4 Å². The summed E-state index contributed by atoms with van der Waals surface area (Å²) in [5, 5.41) is 0. The predicted molar refractivity (Wildman–Crippen MR) is 63.2 cm³/mol. The van der Waals surface area contributed by atoms with Crippen molar-refractivity contribution in [3.05, 3.63) is 17.8 Å². The number of aromatic nitrogens is 1. The number of primary amides is 1. The first-order valence-electron chi connectivity index (χ1n) is 5.41. The normalized spacial score (nSPS) is 20.1. The monoisotopic (exact) mass is 220 g/mol. The Labute approximate surface area is 94.4 Å². The van der Waals surface area contributed by atoms with E-state index in [0.717, 1.165) is 25.2 Å². The second-order valence-corrected chi connectivity index (χ2v) is 4.18. The van der Waals surface area contributed by atoms with Gasteiger partial charge < -0.3 is 16.4 Å². The number of carbonyl (C=O) groups excluding carboxylic acids is 1. The minimum Gasteiger partial charge on any atom is -0.397 e. The van der Waals surface area contributed by atoms with Gasteiger partial charge in [0.05, 0.1) is 17.4 Å². The topological polar surface area (TPSA) is 85.2 Å². The molecule has 86 valence electrons. The Morgan fingerprint density at radius 1 is 1.62 bits per heavy atom. The van der Waals surface area contributed by atoms with Gasteiger partial charge in [0.2, 0.25) is 0 Å². The molecule has 2 rings (SSSR count). The van der Waals surface area contributed by atoms with Crippen molar-refractivity contribution in [3.8, 4) is 0 Å². The Kier molecular flexibility index (Phi) is 2.68. The first-order chi connectivity index (χ1) is 7.59. The van der Waals surface area contributed by atoms with Gasteiger partial charge in [0.25, 0.3) is 5.91 Å². The molecule has 0 saturated carbocycles. The Bertz CT molecular complexity index is 418. The highest BCUT2D eigenvalue weighted by atomic mass is 16.1. The summed E-state index contributed by atoms with van der Waals surface area (Å²) in [4.78, 5) is 17.6. The van der Waals surface area contributed by atoms with Crippen molar-refractivity contribution < 1.29 is 4.79 Å². The zero-order chi connectivity index (χ0) is 11.7. The molecule has 5 nitrogen and oxygen atoms in total. The summed E-state index contributed by atoms with van der Waals surface area (Å²) in [5.41, 5.74) is 11.6. The van der Waals surface area contributed by atoms with Crippen molar-refractivity contribution in [1.29, 1.82) is 0 Å². The van der Waals surface area contributed by atoms with Crippen LogP contribution >= 0.6 is 0 Å². The maximum Gasteiger partial charge on any atom is 0.250 e. The van der Waals surface area contributed by atoms with Gasteiger partial charge in [0.1, 0.15) is 5.82 Å². The largest absolute Gasteiger partial charge is 0.397 e. The third-order valence-electron chi connectivity index (χ3n) is 3.03. The van der Waals surface area contributed by atoms with Gasteiger partial charge in [-0.25, -0.2) is 4.98 Å². The van der Waals surface area contributed by atoms with Crippen LogP contribution in [0, 0.1) is 0 Å². The van der Waals surface area contributed by atoms with E-state index < -0.39 is 5.91 Å². The molecule has 1 unspecified atom stereocenters. The highest BCUT2D eigenvalue weighted by molar-refractivity contribution is 5.98. The van der Waals surface area contributed by atoms with Crippen LogP contribution in [0.4, 0.5) is 11.5 Å². The number of hydrogen-bond acceptors (Lipinski definition) is 4. The van der Waals surface area contributed by atoms with Crippen molar-refractivity contribution in [2.45, 2.75) is 25.8 Å². The molecule has 0 radical (unpaired) electrons. The zero-order valence-electron chi connectivity index (χ0n) is 9.31. The molecule has 1 saturated heterocycles. The average Bonchev–Trinajstić information content (AvgIpc) is 2.65. The summed E-state index contributed by atoms with van der Waals surface area (Å²) < 4.78 is 0. The smallest absolute Gasteiger partial charge is 0.250 e. The standard InChI is InChI=1S/C11H16N4O/c1-7-3-2-4-15(7)10-5-8(11(13)16)9(12)6-14-10/h5-7H,2-4,12H2,1H3,(H2,13,16). The van der Waals surface area contributed by atoms with Gasteiger partial charge in [0, 0.05) is 12.6 Å². The summed E-state index contributed by atoms with van der Waals surface area (Å²) in [6.07, 6.45) is 3.80. The number of rotatable bonds is 2. The lowest BCUT2D eigenvalue weighted by molar-refractivity contribution is 0.100. The van der Waals surface area contributed by atoms with E-state index in [1.807, 2.05) is 0 Å². The second kappa shape index (κ2) is 4.00. The Balaban J connectivity index is 2.35. The lowest BCUT2D eigenvalue weighted by atomic mass is 10.2.